The van der Waals surface area contributed by atoms with E-state index in [-0.39, 0.29) is 16.8 Å². The summed E-state index contributed by atoms with van der Waals surface area (Å²) in [6.45, 7) is 0. The zero-order valence-electron chi connectivity index (χ0n) is 14.1. The van der Waals surface area contributed by atoms with Crippen LogP contribution in [0.3, 0.4) is 0 Å². The fourth-order valence-corrected chi connectivity index (χ4v) is 2.18. The lowest BCUT2D eigenvalue weighted by Gasteiger charge is -2.03. The van der Waals surface area contributed by atoms with Gasteiger partial charge in [0.2, 0.25) is 5.88 Å². The van der Waals surface area contributed by atoms with Crippen LogP contribution in [0.15, 0.2) is 42.0 Å². The van der Waals surface area contributed by atoms with E-state index in [2.05, 4.69) is 5.10 Å². The van der Waals surface area contributed by atoms with Crippen molar-refractivity contribution in [3.63, 3.8) is 0 Å². The zero-order chi connectivity index (χ0) is 21.0. The van der Waals surface area contributed by atoms with Gasteiger partial charge in [0, 0.05) is 0 Å². The summed E-state index contributed by atoms with van der Waals surface area (Å²) >= 11 is 0. The summed E-state index contributed by atoms with van der Waals surface area (Å²) in [5.74, 6) is -5.32. The van der Waals surface area contributed by atoms with E-state index >= 15 is 0 Å². The highest BCUT2D eigenvalue weighted by atomic mass is 16.4. The van der Waals surface area contributed by atoms with Gasteiger partial charge in [-0.15, -0.1) is 0 Å². The summed E-state index contributed by atoms with van der Waals surface area (Å²) in [5, 5.41) is 32.3. The smallest absolute Gasteiger partial charge is 0.357 e. The maximum Gasteiger partial charge on any atom is 0.357 e. The summed E-state index contributed by atoms with van der Waals surface area (Å²) in [6.07, 6.45) is 3.17. The third-order valence-corrected chi connectivity index (χ3v) is 3.51. The van der Waals surface area contributed by atoms with Gasteiger partial charge in [0.15, 0.2) is 5.69 Å². The number of hydrogen-bond acceptors (Lipinski definition) is 6. The van der Waals surface area contributed by atoms with Crippen molar-refractivity contribution in [1.82, 2.24) is 9.78 Å². The van der Waals surface area contributed by atoms with Gasteiger partial charge in [-0.3, -0.25) is 9.59 Å². The van der Waals surface area contributed by atoms with Gasteiger partial charge in [0.1, 0.15) is 5.57 Å². The molecule has 0 atom stereocenters. The molecule has 144 valence electrons. The maximum absolute atomic E-state index is 11.4. The van der Waals surface area contributed by atoms with E-state index in [1.54, 1.807) is 0 Å². The monoisotopic (exact) mass is 386 g/mol. The zero-order valence-corrected chi connectivity index (χ0v) is 14.1. The summed E-state index contributed by atoms with van der Waals surface area (Å²) in [7, 11) is 0. The fourth-order valence-electron chi connectivity index (χ4n) is 2.18. The van der Waals surface area contributed by atoms with Gasteiger partial charge in [0.25, 0.3) is 11.8 Å². The Hall–Kier alpha value is -4.41. The van der Waals surface area contributed by atoms with Crippen molar-refractivity contribution < 1.29 is 34.5 Å². The molecule has 2 aromatic rings. The molecule has 0 radical (unpaired) electrons. The highest BCUT2D eigenvalue weighted by Crippen LogP contribution is 2.26. The van der Waals surface area contributed by atoms with Gasteiger partial charge < -0.3 is 26.8 Å². The predicted octanol–water partition coefficient (Wildman–Crippen LogP) is -0.116. The summed E-state index contributed by atoms with van der Waals surface area (Å²) in [5.41, 5.74) is 8.91. The number of aromatic nitrogens is 2. The molecule has 1 aromatic carbocycles. The number of allylic oxidation sites excluding steroid dienone is 2. The number of primary amides is 2. The molecular formula is C17H14N4O7. The van der Waals surface area contributed by atoms with Crippen LogP contribution in [0.1, 0.15) is 26.4 Å². The van der Waals surface area contributed by atoms with Gasteiger partial charge in [-0.25, -0.2) is 9.59 Å². The summed E-state index contributed by atoms with van der Waals surface area (Å²) in [4.78, 5) is 44.5. The molecule has 0 spiro atoms. The molecule has 11 heteroatoms. The predicted molar refractivity (Wildman–Crippen MR) is 94.7 cm³/mol. The third-order valence-electron chi connectivity index (χ3n) is 3.51. The second-order valence-electron chi connectivity index (χ2n) is 5.32. The molecule has 1 heterocycles. The molecule has 0 aliphatic carbocycles. The van der Waals surface area contributed by atoms with Crippen molar-refractivity contribution in [3.8, 4) is 11.6 Å². The van der Waals surface area contributed by atoms with E-state index < -0.39 is 40.9 Å². The highest BCUT2D eigenvalue weighted by molar-refractivity contribution is 6.17. The molecule has 28 heavy (non-hydrogen) atoms. The van der Waals surface area contributed by atoms with Crippen LogP contribution in [0.4, 0.5) is 0 Å². The number of amides is 2. The van der Waals surface area contributed by atoms with Crippen LogP contribution >= 0.6 is 0 Å². The van der Waals surface area contributed by atoms with Gasteiger partial charge in [-0.05, 0) is 36.4 Å². The van der Waals surface area contributed by atoms with Gasteiger partial charge in [0.05, 0.1) is 16.8 Å². The quantitative estimate of drug-likeness (QED) is 0.188. The van der Waals surface area contributed by atoms with E-state index in [1.807, 2.05) is 0 Å². The number of benzene rings is 1. The molecule has 0 unspecified atom stereocenters. The lowest BCUT2D eigenvalue weighted by atomic mass is 10.1. The first-order valence-electron chi connectivity index (χ1n) is 7.50. The molecule has 2 rings (SSSR count). The van der Waals surface area contributed by atoms with Crippen LogP contribution in [-0.4, -0.2) is 48.9 Å². The van der Waals surface area contributed by atoms with E-state index in [4.69, 9.17) is 16.6 Å². The van der Waals surface area contributed by atoms with Crippen molar-refractivity contribution in [1.29, 1.82) is 0 Å². The largest absolute Gasteiger partial charge is 0.493 e. The fraction of sp³-hybridized carbons (Fsp3) is 0. The first-order chi connectivity index (χ1) is 13.1. The average molecular weight is 386 g/mol. The molecule has 0 aliphatic rings. The molecule has 0 fully saturated rings. The Kier molecular flexibility index (Phi) is 5.59. The van der Waals surface area contributed by atoms with Crippen molar-refractivity contribution in [3.05, 3.63) is 58.8 Å². The van der Waals surface area contributed by atoms with Crippen LogP contribution < -0.4 is 11.5 Å². The summed E-state index contributed by atoms with van der Waals surface area (Å²) in [6, 6.07) is 5.16. The van der Waals surface area contributed by atoms with Crippen LogP contribution in [0, 0.1) is 0 Å². The molecule has 1 aromatic heterocycles. The second-order valence-corrected chi connectivity index (χ2v) is 5.32. The lowest BCUT2D eigenvalue weighted by molar-refractivity contribution is -0.120. The second kappa shape index (κ2) is 7.86. The number of carboxylic acids is 2. The Labute approximate surface area is 156 Å². The molecule has 0 bridgehead atoms. The first-order valence-corrected chi connectivity index (χ1v) is 7.50. The Bertz CT molecular complexity index is 1020. The van der Waals surface area contributed by atoms with Gasteiger partial charge in [-0.1, -0.05) is 6.08 Å². The van der Waals surface area contributed by atoms with E-state index in [0.29, 0.717) is 0 Å². The normalized spacial score (nSPS) is 10.6. The Balaban J connectivity index is 2.51. The third kappa shape index (κ3) is 4.04. The van der Waals surface area contributed by atoms with Crippen LogP contribution in [-0.2, 0) is 9.59 Å². The number of nitrogens with two attached hydrogens (primary N) is 2. The first kappa shape index (κ1) is 19.9. The molecule has 11 nitrogen and oxygen atoms in total. The van der Waals surface area contributed by atoms with E-state index in [1.165, 1.54) is 24.3 Å². The SMILES string of the molecule is NC(=O)C(=CC=Cc1c(C(=O)O)nn(-c2ccc(C(=O)O)cc2)c1O)C(N)=O. The Morgan fingerprint density at radius 1 is 0.964 bits per heavy atom. The number of carbonyl (C=O) groups is 4. The Morgan fingerprint density at radius 2 is 1.54 bits per heavy atom. The minimum atomic E-state index is -1.45. The number of carbonyl (C=O) groups excluding carboxylic acids is 2. The van der Waals surface area contributed by atoms with Crippen LogP contribution in [0.25, 0.3) is 11.8 Å². The maximum atomic E-state index is 11.4. The van der Waals surface area contributed by atoms with Crippen molar-refractivity contribution >= 4 is 29.8 Å². The van der Waals surface area contributed by atoms with Crippen molar-refractivity contribution in [2.45, 2.75) is 0 Å². The van der Waals surface area contributed by atoms with Gasteiger partial charge in [-0.2, -0.15) is 9.78 Å². The Morgan fingerprint density at radius 3 is 2.00 bits per heavy atom. The highest BCUT2D eigenvalue weighted by Gasteiger charge is 2.21. The van der Waals surface area contributed by atoms with Crippen molar-refractivity contribution in [2.75, 3.05) is 0 Å². The van der Waals surface area contributed by atoms with Crippen LogP contribution in [0.5, 0.6) is 5.88 Å². The molecule has 0 saturated carbocycles. The molecule has 0 aliphatic heterocycles. The number of rotatable bonds is 7. The topological polar surface area (TPSA) is 199 Å². The standard InChI is InChI=1S/C17H14N4O7/c18-13(22)11(14(19)23)3-1-2-10-12(17(27)28)20-21(15(10)24)9-6-4-8(5-7-9)16(25)26/h1-7,24H,(H2,18,22)(H2,19,23)(H,25,26)(H,27,28). The minimum absolute atomic E-state index is 0.00968. The van der Waals surface area contributed by atoms with Crippen molar-refractivity contribution in [2.24, 2.45) is 11.5 Å². The van der Waals surface area contributed by atoms with Crippen LogP contribution in [0.2, 0.25) is 0 Å². The number of hydrogen-bond donors (Lipinski definition) is 5. The minimum Gasteiger partial charge on any atom is -0.493 e. The molecule has 0 saturated heterocycles. The lowest BCUT2D eigenvalue weighted by Crippen LogP contribution is -2.25. The summed E-state index contributed by atoms with van der Waals surface area (Å²) < 4.78 is 0.890. The molecule has 7 N–H and O–H groups in total. The number of nitrogens with zero attached hydrogens (tertiary/aromatic N) is 2. The number of aromatic carboxylic acids is 2. The van der Waals surface area contributed by atoms with Gasteiger partial charge >= 0.3 is 11.9 Å². The molecular weight excluding hydrogens is 372 g/mol. The average Bonchev–Trinajstić information content (AvgIpc) is 2.95. The number of aromatic hydroxyl groups is 1. The molecule has 2 amide bonds. The van der Waals surface area contributed by atoms with E-state index in [9.17, 15) is 29.4 Å². The van der Waals surface area contributed by atoms with E-state index in [0.717, 1.165) is 22.9 Å². The number of carboxylic acid groups (broad SMARTS) is 2.